The van der Waals surface area contributed by atoms with Crippen LogP contribution in [0.15, 0.2) is 0 Å². The molecule has 5 nitrogen and oxygen atoms in total. The number of rotatable bonds is 5. The van der Waals surface area contributed by atoms with Crippen LogP contribution in [-0.4, -0.2) is 41.2 Å². The van der Waals surface area contributed by atoms with Crippen LogP contribution in [0.25, 0.3) is 0 Å². The summed E-state index contributed by atoms with van der Waals surface area (Å²) in [4.78, 5) is 12.6. The number of nitrogens with zero attached hydrogens (tertiary/aromatic N) is 1. The lowest BCUT2D eigenvalue weighted by atomic mass is 10.3. The maximum Gasteiger partial charge on any atom is 0.400 e. The zero-order chi connectivity index (χ0) is 11.3. The quantitative estimate of drug-likeness (QED) is 0.437. The summed E-state index contributed by atoms with van der Waals surface area (Å²) < 4.78 is 9.61. The van der Waals surface area contributed by atoms with E-state index in [9.17, 15) is 9.90 Å². The lowest BCUT2D eigenvalue weighted by Crippen LogP contribution is -2.58. The van der Waals surface area contributed by atoms with Crippen molar-refractivity contribution in [2.24, 2.45) is 0 Å². The van der Waals surface area contributed by atoms with E-state index in [1.807, 2.05) is 6.92 Å². The van der Waals surface area contributed by atoms with Gasteiger partial charge in [-0.25, -0.2) is 4.90 Å². The lowest BCUT2D eigenvalue weighted by Gasteiger charge is -2.39. The molecule has 1 N–H and O–H groups in total. The molecule has 0 spiro atoms. The summed E-state index contributed by atoms with van der Waals surface area (Å²) in [6.45, 7) is 3.07. The normalized spacial score (nSPS) is 27.8. The molecule has 0 aromatic heterocycles. The fraction of sp³-hybridized carbons (Fsp3) is 0.889. The van der Waals surface area contributed by atoms with Crippen molar-refractivity contribution >= 4 is 17.6 Å². The van der Waals surface area contributed by atoms with E-state index in [-0.39, 0.29) is 12.5 Å². The van der Waals surface area contributed by atoms with E-state index >= 15 is 0 Å². The summed E-state index contributed by atoms with van der Waals surface area (Å²) in [5, 5.41) is 9.90. The molecule has 0 radical (unpaired) electrons. The van der Waals surface area contributed by atoms with Crippen LogP contribution < -0.4 is 0 Å². The Morgan fingerprint density at radius 2 is 2.47 bits per heavy atom. The molecule has 15 heavy (non-hydrogen) atoms. The monoisotopic (exact) mass is 237 g/mol. The third-order valence-electron chi connectivity index (χ3n) is 2.26. The fourth-order valence-electron chi connectivity index (χ4n) is 1.43. The predicted molar refractivity (Wildman–Crippen MR) is 53.9 cm³/mol. The number of halogens is 1. The molecule has 1 heterocycles. The Labute approximate surface area is 93.9 Å². The number of alkyl halides is 1. The highest BCUT2D eigenvalue weighted by atomic mass is 35.5. The van der Waals surface area contributed by atoms with Gasteiger partial charge in [-0.3, -0.25) is 9.53 Å². The summed E-state index contributed by atoms with van der Waals surface area (Å²) in [6.07, 6.45) is 0.164. The molecule has 0 bridgehead atoms. The van der Waals surface area contributed by atoms with Gasteiger partial charge in [-0.15, -0.1) is 0 Å². The first-order valence-corrected chi connectivity index (χ1v) is 5.55. The second kappa shape index (κ2) is 5.65. The molecule has 0 saturated carbocycles. The zero-order valence-electron chi connectivity index (χ0n) is 8.74. The van der Waals surface area contributed by atoms with Crippen LogP contribution in [0, 0.1) is 0 Å². The number of cyclic esters (lactones) is 1. The third-order valence-corrected chi connectivity index (χ3v) is 2.37. The summed E-state index contributed by atoms with van der Waals surface area (Å²) in [5.41, 5.74) is 0. The first-order chi connectivity index (χ1) is 7.12. The Bertz CT molecular complexity index is 226. The average Bonchev–Trinajstić information content (AvgIpc) is 2.16. The van der Waals surface area contributed by atoms with Crippen LogP contribution in [0.4, 0.5) is 0 Å². The molecule has 1 aliphatic rings. The van der Waals surface area contributed by atoms with Gasteiger partial charge in [-0.1, -0.05) is 24.9 Å². The maximum atomic E-state index is 11.0. The Hall–Kier alpha value is -0.360. The minimum Gasteiger partial charge on any atom is -0.394 e. The van der Waals surface area contributed by atoms with Crippen LogP contribution in [0.3, 0.4) is 0 Å². The number of carbonyl (C=O) groups excluding carboxylic acids is 1. The van der Waals surface area contributed by atoms with Crippen LogP contribution in [0.5, 0.6) is 0 Å². The Kier molecular flexibility index (Phi) is 4.79. The maximum absolute atomic E-state index is 11.0. The van der Waals surface area contributed by atoms with Crippen molar-refractivity contribution in [3.63, 3.8) is 0 Å². The van der Waals surface area contributed by atoms with Gasteiger partial charge in [0, 0.05) is 13.1 Å². The summed E-state index contributed by atoms with van der Waals surface area (Å²) in [6, 6.07) is -0.230. The number of ether oxygens (including phenoxy) is 2. The van der Waals surface area contributed by atoms with Crippen LogP contribution >= 0.6 is 11.6 Å². The van der Waals surface area contributed by atoms with Gasteiger partial charge in [-0.2, -0.15) is 0 Å². The van der Waals surface area contributed by atoms with Gasteiger partial charge in [-0.05, 0) is 6.42 Å². The fourth-order valence-corrected chi connectivity index (χ4v) is 1.57. The van der Waals surface area contributed by atoms with Crippen molar-refractivity contribution in [2.75, 3.05) is 19.2 Å². The van der Waals surface area contributed by atoms with E-state index in [1.54, 1.807) is 4.90 Å². The van der Waals surface area contributed by atoms with Crippen molar-refractivity contribution in [1.29, 1.82) is 0 Å². The predicted octanol–water partition coefficient (Wildman–Crippen LogP) is 0.852. The minimum atomic E-state index is -1.98. The first-order valence-electron chi connectivity index (χ1n) is 5.01. The van der Waals surface area contributed by atoms with Gasteiger partial charge in [0.15, 0.2) is 0 Å². The van der Waals surface area contributed by atoms with E-state index in [0.29, 0.717) is 13.1 Å². The van der Waals surface area contributed by atoms with Crippen molar-refractivity contribution < 1.29 is 19.4 Å². The summed E-state index contributed by atoms with van der Waals surface area (Å²) >= 11 is 5.37. The molecule has 88 valence electrons. The topological polar surface area (TPSA) is 59.0 Å². The van der Waals surface area contributed by atoms with E-state index in [4.69, 9.17) is 21.1 Å². The molecule has 1 aliphatic heterocycles. The number of hydrogen-bond donors (Lipinski definition) is 1. The highest BCUT2D eigenvalue weighted by Gasteiger charge is 2.43. The standard InChI is InChI=1S/C9H16ClNO4/c1-2-3-5-11-6-4-8(12)15-9(11,13)14-7-10/h13H,2-7H2,1H3. The molecule has 6 heteroatoms. The highest BCUT2D eigenvalue weighted by Crippen LogP contribution is 2.23. The Morgan fingerprint density at radius 3 is 3.07 bits per heavy atom. The molecule has 1 unspecified atom stereocenters. The number of esters is 1. The third kappa shape index (κ3) is 3.31. The molecule has 1 rings (SSSR count). The minimum absolute atomic E-state index is 0.230. The first kappa shape index (κ1) is 12.7. The van der Waals surface area contributed by atoms with Gasteiger partial charge >= 0.3 is 12.1 Å². The van der Waals surface area contributed by atoms with Crippen molar-refractivity contribution in [3.8, 4) is 0 Å². The number of unbranched alkanes of at least 4 members (excludes halogenated alkanes) is 1. The molecule has 1 saturated heterocycles. The van der Waals surface area contributed by atoms with Crippen LogP contribution in [0.2, 0.25) is 0 Å². The second-order valence-corrected chi connectivity index (χ2v) is 3.58. The SMILES string of the molecule is CCCCN1CCC(=O)OC1(O)OCCl. The smallest absolute Gasteiger partial charge is 0.394 e. The second-order valence-electron chi connectivity index (χ2n) is 3.37. The van der Waals surface area contributed by atoms with Crippen molar-refractivity contribution in [2.45, 2.75) is 32.3 Å². The Morgan fingerprint density at radius 1 is 1.73 bits per heavy atom. The molecule has 0 aromatic carbocycles. The zero-order valence-corrected chi connectivity index (χ0v) is 9.50. The van der Waals surface area contributed by atoms with Crippen molar-refractivity contribution in [1.82, 2.24) is 4.90 Å². The highest BCUT2D eigenvalue weighted by molar-refractivity contribution is 6.17. The summed E-state index contributed by atoms with van der Waals surface area (Å²) in [5.74, 6) is -0.477. The summed E-state index contributed by atoms with van der Waals surface area (Å²) in [7, 11) is 0. The molecule has 0 amide bonds. The van der Waals surface area contributed by atoms with Crippen LogP contribution in [-0.2, 0) is 14.3 Å². The van der Waals surface area contributed by atoms with E-state index in [1.165, 1.54) is 0 Å². The van der Waals surface area contributed by atoms with Gasteiger partial charge in [0.05, 0.1) is 6.42 Å². The van der Waals surface area contributed by atoms with Gasteiger partial charge in [0.1, 0.15) is 6.07 Å². The van der Waals surface area contributed by atoms with E-state index < -0.39 is 12.1 Å². The van der Waals surface area contributed by atoms with Gasteiger partial charge < -0.3 is 9.84 Å². The van der Waals surface area contributed by atoms with Crippen molar-refractivity contribution in [3.05, 3.63) is 0 Å². The van der Waals surface area contributed by atoms with Gasteiger partial charge in [0.2, 0.25) is 0 Å². The van der Waals surface area contributed by atoms with Crippen LogP contribution in [0.1, 0.15) is 26.2 Å². The van der Waals surface area contributed by atoms with Gasteiger partial charge in [0.25, 0.3) is 0 Å². The Balaban J connectivity index is 2.61. The molecular weight excluding hydrogens is 222 g/mol. The van der Waals surface area contributed by atoms with E-state index in [0.717, 1.165) is 12.8 Å². The van der Waals surface area contributed by atoms with E-state index in [2.05, 4.69) is 0 Å². The number of carbonyl (C=O) groups is 1. The lowest BCUT2D eigenvalue weighted by molar-refractivity contribution is -0.416. The largest absolute Gasteiger partial charge is 0.400 e. The molecule has 0 aromatic rings. The number of aliphatic hydroxyl groups is 1. The molecule has 0 aliphatic carbocycles. The molecule has 1 atom stereocenters. The molecular formula is C9H16ClNO4. The average molecular weight is 238 g/mol. The number of hydrogen-bond acceptors (Lipinski definition) is 5. The molecule has 1 fully saturated rings.